The Labute approximate surface area is 147 Å². The summed E-state index contributed by atoms with van der Waals surface area (Å²) in [7, 11) is 0. The van der Waals surface area contributed by atoms with Crippen molar-refractivity contribution in [1.29, 1.82) is 0 Å². The maximum absolute atomic E-state index is 11.8. The fraction of sp³-hybridized carbons (Fsp3) is 0.471. The van der Waals surface area contributed by atoms with Crippen LogP contribution in [0.25, 0.3) is 0 Å². The Morgan fingerprint density at radius 1 is 1.24 bits per heavy atom. The van der Waals surface area contributed by atoms with E-state index in [2.05, 4.69) is 5.32 Å². The lowest BCUT2D eigenvalue weighted by molar-refractivity contribution is -0.142. The largest absolute Gasteiger partial charge is 0.466 e. The van der Waals surface area contributed by atoms with Gasteiger partial charge in [0.15, 0.2) is 0 Å². The smallest absolute Gasteiger partial charge is 0.412 e. The van der Waals surface area contributed by atoms with Crippen molar-refractivity contribution in [3.8, 4) is 0 Å². The van der Waals surface area contributed by atoms with E-state index >= 15 is 0 Å². The number of ether oxygens (including phenoxy) is 2. The normalized spacial score (nSPS) is 10.7. The van der Waals surface area contributed by atoms with Gasteiger partial charge in [-0.3, -0.25) is 15.0 Å². The van der Waals surface area contributed by atoms with Crippen LogP contribution in [0.15, 0.2) is 24.3 Å². The van der Waals surface area contributed by atoms with Gasteiger partial charge in [0.25, 0.3) is 0 Å². The Morgan fingerprint density at radius 2 is 1.92 bits per heavy atom. The first-order valence-corrected chi connectivity index (χ1v) is 7.95. The van der Waals surface area contributed by atoms with E-state index in [1.807, 2.05) is 0 Å². The molecule has 1 aromatic rings. The summed E-state index contributed by atoms with van der Waals surface area (Å²) >= 11 is 0. The number of carbonyl (C=O) groups excluding carboxylic acids is 3. The van der Waals surface area contributed by atoms with Crippen molar-refractivity contribution in [3.05, 3.63) is 24.3 Å². The Kier molecular flexibility index (Phi) is 7.22. The number of benzene rings is 1. The summed E-state index contributed by atoms with van der Waals surface area (Å²) in [6.07, 6.45) is -0.595. The van der Waals surface area contributed by atoms with Gasteiger partial charge in [-0.2, -0.15) is 0 Å². The average molecular weight is 351 g/mol. The predicted octanol–water partition coefficient (Wildman–Crippen LogP) is 2.87. The molecule has 0 saturated heterocycles. The second-order valence-electron chi connectivity index (χ2n) is 6.22. The van der Waals surface area contributed by atoms with E-state index in [9.17, 15) is 14.4 Å². The van der Waals surface area contributed by atoms with Crippen LogP contribution in [0.3, 0.4) is 0 Å². The highest BCUT2D eigenvalue weighted by atomic mass is 16.6. The van der Waals surface area contributed by atoms with Crippen molar-refractivity contribution in [3.63, 3.8) is 0 Å². The molecule has 0 unspecified atom stereocenters. The van der Waals surface area contributed by atoms with Crippen molar-refractivity contribution in [1.82, 2.24) is 0 Å². The minimum Gasteiger partial charge on any atom is -0.466 e. The molecule has 0 aliphatic carbocycles. The van der Waals surface area contributed by atoms with Crippen LogP contribution in [-0.4, -0.2) is 36.8 Å². The highest BCUT2D eigenvalue weighted by molar-refractivity contribution is 5.93. The van der Waals surface area contributed by atoms with Crippen LogP contribution in [0.5, 0.6) is 0 Å². The third kappa shape index (κ3) is 7.56. The van der Waals surface area contributed by atoms with Gasteiger partial charge in [0.05, 0.1) is 13.0 Å². The summed E-state index contributed by atoms with van der Waals surface area (Å²) in [5, 5.41) is 2.59. The molecule has 0 atom stereocenters. The van der Waals surface area contributed by atoms with Gasteiger partial charge in [0, 0.05) is 17.9 Å². The van der Waals surface area contributed by atoms with Crippen molar-refractivity contribution < 1.29 is 23.9 Å². The molecule has 0 saturated carbocycles. The SMILES string of the molecule is CCOC(=O)CCN(C(N)=O)c1cccc(NC(=O)OC(C)(C)C)c1. The number of hydrogen-bond donors (Lipinski definition) is 2. The lowest BCUT2D eigenvalue weighted by Crippen LogP contribution is -2.37. The summed E-state index contributed by atoms with van der Waals surface area (Å²) in [6.45, 7) is 7.32. The molecule has 1 rings (SSSR count). The van der Waals surface area contributed by atoms with E-state index in [1.165, 1.54) is 4.90 Å². The number of nitrogens with one attached hydrogen (secondary N) is 1. The summed E-state index contributed by atoms with van der Waals surface area (Å²) in [4.78, 5) is 36.2. The third-order valence-corrected chi connectivity index (χ3v) is 2.91. The molecule has 3 amide bonds. The zero-order valence-corrected chi connectivity index (χ0v) is 15.0. The van der Waals surface area contributed by atoms with E-state index < -0.39 is 23.7 Å². The summed E-state index contributed by atoms with van der Waals surface area (Å²) in [5.74, 6) is -0.420. The Morgan fingerprint density at radius 3 is 2.48 bits per heavy atom. The number of urea groups is 1. The molecule has 3 N–H and O–H groups in total. The van der Waals surface area contributed by atoms with Gasteiger partial charge >= 0.3 is 18.1 Å². The van der Waals surface area contributed by atoms with Crippen molar-refractivity contribution >= 4 is 29.5 Å². The number of esters is 1. The van der Waals surface area contributed by atoms with Gasteiger partial charge in [-0.15, -0.1) is 0 Å². The number of amides is 3. The Balaban J connectivity index is 2.83. The Hall–Kier alpha value is -2.77. The van der Waals surface area contributed by atoms with Gasteiger partial charge in [-0.05, 0) is 45.9 Å². The molecule has 0 bridgehead atoms. The van der Waals surface area contributed by atoms with E-state index in [0.29, 0.717) is 11.4 Å². The van der Waals surface area contributed by atoms with Crippen LogP contribution in [0, 0.1) is 0 Å². The van der Waals surface area contributed by atoms with Gasteiger partial charge in [-0.1, -0.05) is 6.07 Å². The third-order valence-electron chi connectivity index (χ3n) is 2.91. The lowest BCUT2D eigenvalue weighted by Gasteiger charge is -2.22. The fourth-order valence-electron chi connectivity index (χ4n) is 1.98. The standard InChI is InChI=1S/C17H25N3O5/c1-5-24-14(21)9-10-20(15(18)22)13-8-6-7-12(11-13)19-16(23)25-17(2,3)4/h6-8,11H,5,9-10H2,1-4H3,(H2,18,22)(H,19,23). The Bertz CT molecular complexity index is 625. The van der Waals surface area contributed by atoms with Crippen molar-refractivity contribution in [2.75, 3.05) is 23.4 Å². The molecule has 0 radical (unpaired) electrons. The van der Waals surface area contributed by atoms with Gasteiger partial charge in [0.2, 0.25) is 0 Å². The summed E-state index contributed by atoms with van der Waals surface area (Å²) < 4.78 is 10.0. The number of anilines is 2. The molecule has 8 heteroatoms. The highest BCUT2D eigenvalue weighted by Crippen LogP contribution is 2.20. The molecule has 0 heterocycles. The van der Waals surface area contributed by atoms with Crippen molar-refractivity contribution in [2.45, 2.75) is 39.7 Å². The number of hydrogen-bond acceptors (Lipinski definition) is 5. The monoisotopic (exact) mass is 351 g/mol. The minimum absolute atomic E-state index is 0.0144. The molecule has 0 aromatic heterocycles. The molecule has 0 spiro atoms. The summed E-state index contributed by atoms with van der Waals surface area (Å²) in [5.41, 5.74) is 5.65. The molecule has 138 valence electrons. The van der Waals surface area contributed by atoms with Crippen LogP contribution >= 0.6 is 0 Å². The molecule has 0 fully saturated rings. The molecular weight excluding hydrogens is 326 g/mol. The van der Waals surface area contributed by atoms with Crippen LogP contribution in [-0.2, 0) is 14.3 Å². The maximum atomic E-state index is 11.8. The first-order chi connectivity index (χ1) is 11.6. The second-order valence-corrected chi connectivity index (χ2v) is 6.22. The quantitative estimate of drug-likeness (QED) is 0.766. The molecule has 8 nitrogen and oxygen atoms in total. The van der Waals surface area contributed by atoms with Crippen LogP contribution in [0.4, 0.5) is 21.0 Å². The van der Waals surface area contributed by atoms with Crippen LogP contribution in [0.1, 0.15) is 34.1 Å². The minimum atomic E-state index is -0.710. The van der Waals surface area contributed by atoms with Crippen LogP contribution < -0.4 is 16.0 Å². The van der Waals surface area contributed by atoms with Gasteiger partial charge in [-0.25, -0.2) is 9.59 Å². The molecule has 0 aliphatic heterocycles. The van der Waals surface area contributed by atoms with E-state index in [4.69, 9.17) is 15.2 Å². The number of nitrogens with zero attached hydrogens (tertiary/aromatic N) is 1. The number of rotatable bonds is 6. The van der Waals surface area contributed by atoms with Crippen molar-refractivity contribution in [2.24, 2.45) is 5.73 Å². The second kappa shape index (κ2) is 8.91. The highest BCUT2D eigenvalue weighted by Gasteiger charge is 2.18. The number of nitrogens with two attached hydrogens (primary N) is 1. The van der Waals surface area contributed by atoms with E-state index in [0.717, 1.165) is 0 Å². The molecular formula is C17H25N3O5. The van der Waals surface area contributed by atoms with E-state index in [-0.39, 0.29) is 19.6 Å². The van der Waals surface area contributed by atoms with Crippen LogP contribution in [0.2, 0.25) is 0 Å². The zero-order chi connectivity index (χ0) is 19.0. The summed E-state index contributed by atoms with van der Waals surface area (Å²) in [6, 6.07) is 5.81. The first kappa shape index (κ1) is 20.3. The molecule has 0 aliphatic rings. The maximum Gasteiger partial charge on any atom is 0.412 e. The first-order valence-electron chi connectivity index (χ1n) is 7.95. The fourth-order valence-corrected chi connectivity index (χ4v) is 1.98. The number of primary amides is 1. The molecule has 1 aromatic carbocycles. The predicted molar refractivity (Wildman–Crippen MR) is 94.5 cm³/mol. The number of carbonyl (C=O) groups is 3. The van der Waals surface area contributed by atoms with E-state index in [1.54, 1.807) is 52.0 Å². The average Bonchev–Trinajstić information content (AvgIpc) is 2.45. The molecule has 25 heavy (non-hydrogen) atoms. The zero-order valence-electron chi connectivity index (χ0n) is 15.0. The van der Waals surface area contributed by atoms with Gasteiger partial charge in [0.1, 0.15) is 5.60 Å². The lowest BCUT2D eigenvalue weighted by atomic mass is 10.2. The van der Waals surface area contributed by atoms with Gasteiger partial charge < -0.3 is 15.2 Å². The topological polar surface area (TPSA) is 111 Å².